The van der Waals surface area contributed by atoms with Gasteiger partial charge in [-0.15, -0.1) is 0 Å². The van der Waals surface area contributed by atoms with Crippen molar-refractivity contribution >= 4 is 23.3 Å². The molecule has 1 fully saturated rings. The minimum absolute atomic E-state index is 0.317. The van der Waals surface area contributed by atoms with Gasteiger partial charge in [-0.3, -0.25) is 0 Å². The van der Waals surface area contributed by atoms with Gasteiger partial charge in [0.1, 0.15) is 0 Å². The monoisotopic (exact) mass is 262 g/mol. The Bertz CT molecular complexity index is 635. The van der Waals surface area contributed by atoms with Gasteiger partial charge in [-0.05, 0) is 62.2 Å². The molecule has 3 nitrogen and oxygen atoms in total. The molecule has 1 N–H and O–H groups in total. The lowest BCUT2D eigenvalue weighted by molar-refractivity contribution is 0.0976. The van der Waals surface area contributed by atoms with Crippen LogP contribution in [-0.4, -0.2) is 22.3 Å². The smallest absolute Gasteiger partial charge is 0.178 e. The van der Waals surface area contributed by atoms with Gasteiger partial charge in [0.15, 0.2) is 4.77 Å². The van der Waals surface area contributed by atoms with Crippen LogP contribution >= 0.6 is 12.2 Å². The average Bonchev–Trinajstić information content (AvgIpc) is 2.92. The highest BCUT2D eigenvalue weighted by atomic mass is 32.1. The van der Waals surface area contributed by atoms with E-state index < -0.39 is 0 Å². The lowest BCUT2D eigenvalue weighted by Gasteiger charge is -2.11. The summed E-state index contributed by atoms with van der Waals surface area (Å²) in [5.74, 6) is 0. The molecular formula is C14H18N2OS. The number of aryl methyl sites for hydroxylation is 2. The molecule has 1 unspecified atom stereocenters. The summed E-state index contributed by atoms with van der Waals surface area (Å²) in [4.78, 5) is 3.29. The van der Waals surface area contributed by atoms with E-state index in [1.807, 2.05) is 0 Å². The molecule has 18 heavy (non-hydrogen) atoms. The van der Waals surface area contributed by atoms with Crippen LogP contribution in [0.5, 0.6) is 0 Å². The van der Waals surface area contributed by atoms with Crippen molar-refractivity contribution in [2.75, 3.05) is 6.61 Å². The molecule has 1 aliphatic heterocycles. The Labute approximate surface area is 112 Å². The first kappa shape index (κ1) is 11.9. The van der Waals surface area contributed by atoms with E-state index in [0.29, 0.717) is 6.10 Å². The molecule has 1 aromatic carbocycles. The molecule has 0 radical (unpaired) electrons. The first-order valence-corrected chi connectivity index (χ1v) is 6.87. The molecule has 96 valence electrons. The van der Waals surface area contributed by atoms with E-state index in [-0.39, 0.29) is 0 Å². The molecule has 0 spiro atoms. The summed E-state index contributed by atoms with van der Waals surface area (Å²) >= 11 is 5.43. The molecule has 3 rings (SSSR count). The Morgan fingerprint density at radius 2 is 2.17 bits per heavy atom. The van der Waals surface area contributed by atoms with Crippen LogP contribution in [0, 0.1) is 18.6 Å². The zero-order valence-electron chi connectivity index (χ0n) is 10.8. The first-order valence-electron chi connectivity index (χ1n) is 6.46. The fraction of sp³-hybridized carbons (Fsp3) is 0.500. The molecule has 0 saturated carbocycles. The number of imidazole rings is 1. The second kappa shape index (κ2) is 4.52. The van der Waals surface area contributed by atoms with Crippen LogP contribution in [0.4, 0.5) is 0 Å². The number of hydrogen-bond acceptors (Lipinski definition) is 2. The summed E-state index contributed by atoms with van der Waals surface area (Å²) in [5.41, 5.74) is 4.92. The molecular weight excluding hydrogens is 244 g/mol. The quantitative estimate of drug-likeness (QED) is 0.840. The number of ether oxygens (including phenoxy) is 1. The molecule has 0 aliphatic carbocycles. The van der Waals surface area contributed by atoms with Crippen molar-refractivity contribution in [1.29, 1.82) is 0 Å². The van der Waals surface area contributed by atoms with E-state index in [1.165, 1.54) is 23.1 Å². The lowest BCUT2D eigenvalue weighted by atomic mass is 10.1. The van der Waals surface area contributed by atoms with E-state index >= 15 is 0 Å². The fourth-order valence-electron chi connectivity index (χ4n) is 2.59. The minimum atomic E-state index is 0.317. The predicted molar refractivity (Wildman–Crippen MR) is 75.6 cm³/mol. The molecule has 1 saturated heterocycles. The van der Waals surface area contributed by atoms with E-state index in [0.717, 1.165) is 29.9 Å². The number of aromatic nitrogens is 2. The summed E-state index contributed by atoms with van der Waals surface area (Å²) in [6, 6.07) is 4.39. The van der Waals surface area contributed by atoms with Crippen molar-refractivity contribution < 1.29 is 4.74 Å². The third-order valence-corrected chi connectivity index (χ3v) is 4.12. The second-order valence-electron chi connectivity index (χ2n) is 5.13. The molecule has 0 amide bonds. The van der Waals surface area contributed by atoms with Crippen molar-refractivity contribution in [1.82, 2.24) is 9.55 Å². The summed E-state index contributed by atoms with van der Waals surface area (Å²) in [7, 11) is 0. The summed E-state index contributed by atoms with van der Waals surface area (Å²) in [6.07, 6.45) is 2.62. The largest absolute Gasteiger partial charge is 0.376 e. The van der Waals surface area contributed by atoms with Crippen molar-refractivity contribution in [3.63, 3.8) is 0 Å². The van der Waals surface area contributed by atoms with Crippen LogP contribution in [0.15, 0.2) is 12.1 Å². The number of fused-ring (bicyclic) bond motifs is 1. The normalized spacial score (nSPS) is 19.8. The molecule has 0 bridgehead atoms. The van der Waals surface area contributed by atoms with Crippen LogP contribution in [0.1, 0.15) is 24.0 Å². The Hall–Kier alpha value is -1.13. The zero-order chi connectivity index (χ0) is 12.7. The maximum Gasteiger partial charge on any atom is 0.178 e. The number of nitrogens with zero attached hydrogens (tertiary/aromatic N) is 1. The molecule has 1 atom stereocenters. The van der Waals surface area contributed by atoms with Crippen molar-refractivity contribution in [2.45, 2.75) is 39.3 Å². The second-order valence-corrected chi connectivity index (χ2v) is 5.52. The summed E-state index contributed by atoms with van der Waals surface area (Å²) < 4.78 is 8.67. The first-order chi connectivity index (χ1) is 8.65. The maximum absolute atomic E-state index is 5.70. The Morgan fingerprint density at radius 3 is 2.89 bits per heavy atom. The molecule has 2 heterocycles. The van der Waals surface area contributed by atoms with Gasteiger partial charge in [-0.1, -0.05) is 0 Å². The number of aromatic amines is 1. The van der Waals surface area contributed by atoms with Gasteiger partial charge >= 0.3 is 0 Å². The van der Waals surface area contributed by atoms with Crippen molar-refractivity contribution in [3.05, 3.63) is 28.0 Å². The molecule has 2 aromatic rings. The van der Waals surface area contributed by atoms with Crippen LogP contribution < -0.4 is 0 Å². The van der Waals surface area contributed by atoms with Crippen LogP contribution in [0.3, 0.4) is 0 Å². The highest BCUT2D eigenvalue weighted by molar-refractivity contribution is 7.71. The summed E-state index contributed by atoms with van der Waals surface area (Å²) in [6.45, 7) is 6.02. The number of H-pyrrole nitrogens is 1. The zero-order valence-corrected chi connectivity index (χ0v) is 11.6. The van der Waals surface area contributed by atoms with Crippen LogP contribution in [0.25, 0.3) is 11.0 Å². The van der Waals surface area contributed by atoms with E-state index in [4.69, 9.17) is 17.0 Å². The Balaban J connectivity index is 2.07. The SMILES string of the molecule is Cc1cc2[nH]c(=S)n(CC3CCCO3)c2cc1C. The topological polar surface area (TPSA) is 29.9 Å². The fourth-order valence-corrected chi connectivity index (χ4v) is 2.87. The molecule has 1 aliphatic rings. The lowest BCUT2D eigenvalue weighted by Crippen LogP contribution is -2.14. The summed E-state index contributed by atoms with van der Waals surface area (Å²) in [5, 5.41) is 0. The Morgan fingerprint density at radius 1 is 1.39 bits per heavy atom. The molecule has 4 heteroatoms. The average molecular weight is 262 g/mol. The predicted octanol–water partition coefficient (Wildman–Crippen LogP) is 3.49. The number of benzene rings is 1. The van der Waals surface area contributed by atoms with Gasteiger partial charge < -0.3 is 14.3 Å². The standard InChI is InChI=1S/C14H18N2OS/c1-9-6-12-13(7-10(9)2)16(14(18)15-12)8-11-4-3-5-17-11/h6-7,11H,3-5,8H2,1-2H3,(H,15,18). The number of nitrogens with one attached hydrogen (secondary N) is 1. The minimum Gasteiger partial charge on any atom is -0.376 e. The van der Waals surface area contributed by atoms with Gasteiger partial charge in [0.2, 0.25) is 0 Å². The van der Waals surface area contributed by atoms with Gasteiger partial charge in [0, 0.05) is 6.61 Å². The van der Waals surface area contributed by atoms with Gasteiger partial charge in [0.05, 0.1) is 23.7 Å². The maximum atomic E-state index is 5.70. The van der Waals surface area contributed by atoms with E-state index in [1.54, 1.807) is 0 Å². The third kappa shape index (κ3) is 1.99. The highest BCUT2D eigenvalue weighted by Gasteiger charge is 2.17. The van der Waals surface area contributed by atoms with E-state index in [9.17, 15) is 0 Å². The van der Waals surface area contributed by atoms with Gasteiger partial charge in [-0.2, -0.15) is 0 Å². The van der Waals surface area contributed by atoms with Gasteiger partial charge in [-0.25, -0.2) is 0 Å². The van der Waals surface area contributed by atoms with E-state index in [2.05, 4.69) is 35.5 Å². The van der Waals surface area contributed by atoms with Gasteiger partial charge in [0.25, 0.3) is 0 Å². The van der Waals surface area contributed by atoms with Crippen LogP contribution in [0.2, 0.25) is 0 Å². The third-order valence-electron chi connectivity index (χ3n) is 3.80. The van der Waals surface area contributed by atoms with Crippen molar-refractivity contribution in [3.8, 4) is 0 Å². The van der Waals surface area contributed by atoms with Crippen molar-refractivity contribution in [2.24, 2.45) is 0 Å². The number of rotatable bonds is 2. The highest BCUT2D eigenvalue weighted by Crippen LogP contribution is 2.22. The van der Waals surface area contributed by atoms with Crippen LogP contribution in [-0.2, 0) is 11.3 Å². The number of hydrogen-bond donors (Lipinski definition) is 1. The Kier molecular flexibility index (Phi) is 2.99. The molecule has 1 aromatic heterocycles.